The Hall–Kier alpha value is -5.80. The molecule has 6 heterocycles. The number of H-pyrrole nitrogens is 2. The lowest BCUT2D eigenvalue weighted by atomic mass is 10.0. The normalized spacial score (nSPS) is 22.1. The van der Waals surface area contributed by atoms with Crippen LogP contribution in [0.2, 0.25) is 0 Å². The molecule has 4 aliphatic heterocycles. The summed E-state index contributed by atoms with van der Waals surface area (Å²) in [5, 5.41) is 2.70. The molecule has 4 fully saturated rings. The van der Waals surface area contributed by atoms with E-state index < -0.39 is 23.9 Å². The average molecular weight is 909 g/mol. The minimum absolute atomic E-state index is 0.00969. The van der Waals surface area contributed by atoms with E-state index in [9.17, 15) is 14.4 Å². The Morgan fingerprint density at radius 3 is 1.85 bits per heavy atom. The number of aromatic nitrogens is 4. The number of alkyl carbamates (subject to hydrolysis) is 1. The van der Waals surface area contributed by atoms with Crippen LogP contribution in [0.15, 0.2) is 54.6 Å². The molecule has 3 amide bonds. The van der Waals surface area contributed by atoms with E-state index in [0.717, 1.165) is 72.0 Å². The van der Waals surface area contributed by atoms with Crippen LogP contribution in [0, 0.1) is 18.3 Å². The molecule has 351 valence electrons. The van der Waals surface area contributed by atoms with Gasteiger partial charge in [0, 0.05) is 37.6 Å². The molecule has 66 heavy (non-hydrogen) atoms. The van der Waals surface area contributed by atoms with E-state index in [1.807, 2.05) is 80.0 Å². The molecule has 0 saturated carbocycles. The summed E-state index contributed by atoms with van der Waals surface area (Å²) in [5.74, 6) is 1.15. The van der Waals surface area contributed by atoms with Crippen molar-refractivity contribution in [1.82, 2.24) is 35.1 Å². The lowest BCUT2D eigenvalue weighted by molar-refractivity contribution is -0.137. The van der Waals surface area contributed by atoms with Gasteiger partial charge in [0.1, 0.15) is 17.7 Å². The highest BCUT2D eigenvalue weighted by atomic mass is 19.4. The Labute approximate surface area is 383 Å². The summed E-state index contributed by atoms with van der Waals surface area (Å²) >= 11 is 0. The minimum Gasteiger partial charge on any atom is -0.453 e. The lowest BCUT2D eigenvalue weighted by Crippen LogP contribution is -2.51. The fourth-order valence-electron chi connectivity index (χ4n) is 10.9. The number of piperidine rings is 1. The number of carbonyl (C=O) groups is 3. The molecule has 16 heteroatoms. The molecule has 0 bridgehead atoms. The first-order valence-corrected chi connectivity index (χ1v) is 23.7. The van der Waals surface area contributed by atoms with Gasteiger partial charge in [-0.15, -0.1) is 0 Å². The summed E-state index contributed by atoms with van der Waals surface area (Å²) in [6.07, 6.45) is 3.76. The first kappa shape index (κ1) is 45.4. The van der Waals surface area contributed by atoms with Crippen LogP contribution in [0.5, 0.6) is 0 Å². The van der Waals surface area contributed by atoms with Crippen molar-refractivity contribution < 1.29 is 32.3 Å². The lowest BCUT2D eigenvalue weighted by Gasteiger charge is -2.35. The Morgan fingerprint density at radius 1 is 0.727 bits per heavy atom. The van der Waals surface area contributed by atoms with E-state index in [1.54, 1.807) is 17.4 Å². The molecule has 13 nitrogen and oxygen atoms in total. The first-order chi connectivity index (χ1) is 31.7. The van der Waals surface area contributed by atoms with Gasteiger partial charge in [0.15, 0.2) is 0 Å². The van der Waals surface area contributed by atoms with Gasteiger partial charge in [-0.3, -0.25) is 9.59 Å². The summed E-state index contributed by atoms with van der Waals surface area (Å²) in [6.45, 7) is 10.1. The van der Waals surface area contributed by atoms with Crippen LogP contribution >= 0.6 is 0 Å². The molecule has 0 aliphatic carbocycles. The summed E-state index contributed by atoms with van der Waals surface area (Å²) in [5.41, 5.74) is 5.03. The first-order valence-electron chi connectivity index (χ1n) is 23.7. The Kier molecular flexibility index (Phi) is 12.7. The predicted octanol–water partition coefficient (Wildman–Crippen LogP) is 10.1. The Balaban J connectivity index is 1.06. The zero-order valence-electron chi connectivity index (χ0n) is 38.5. The maximum absolute atomic E-state index is 15.1. The second kappa shape index (κ2) is 18.5. The Morgan fingerprint density at radius 2 is 1.30 bits per heavy atom. The van der Waals surface area contributed by atoms with Gasteiger partial charge >= 0.3 is 12.3 Å². The number of hydrogen-bond acceptors (Lipinski definition) is 8. The van der Waals surface area contributed by atoms with Crippen molar-refractivity contribution in [3.8, 4) is 0 Å². The zero-order chi connectivity index (χ0) is 46.4. The molecule has 3 aromatic carbocycles. The number of halogens is 3. The van der Waals surface area contributed by atoms with Crippen molar-refractivity contribution >= 4 is 51.3 Å². The quantitative estimate of drug-likeness (QED) is 0.119. The number of anilines is 2. The number of imidazole rings is 2. The van der Waals surface area contributed by atoms with Gasteiger partial charge in [-0.25, -0.2) is 14.8 Å². The molecule has 4 saturated heterocycles. The third-order valence-electron chi connectivity index (χ3n) is 14.1. The molecule has 5 aromatic rings. The Bertz CT molecular complexity index is 2580. The smallest absolute Gasteiger partial charge is 0.418 e. The SMILES string of the molecule is COC(=O)N[C@H](C(=O)N1CCC[C@H]1c1nc2cc([C@H]3CC[C@H](c4ccc5[nH]c([C@@H]6CCCN6C(=O)[CH]C(C)C)nc5c4)N3c3ccc(N4CCCCC4)c(C(F)(F)F)c3)ccc2[nH]1)C(C)C. The number of alkyl halides is 3. The van der Waals surface area contributed by atoms with Crippen molar-refractivity contribution in [3.05, 3.63) is 89.4 Å². The van der Waals surface area contributed by atoms with Gasteiger partial charge in [0.05, 0.1) is 65.3 Å². The number of benzene rings is 3. The van der Waals surface area contributed by atoms with Crippen LogP contribution in [0.4, 0.5) is 29.3 Å². The molecule has 4 aliphatic rings. The second-order valence-corrected chi connectivity index (χ2v) is 19.2. The molecule has 9 rings (SSSR count). The van der Waals surface area contributed by atoms with Crippen LogP contribution in [-0.2, 0) is 20.5 Å². The van der Waals surface area contributed by atoms with Crippen molar-refractivity contribution in [2.45, 2.75) is 122 Å². The fraction of sp³-hybridized carbons (Fsp3) is 0.520. The summed E-state index contributed by atoms with van der Waals surface area (Å²) in [4.78, 5) is 64.0. The van der Waals surface area contributed by atoms with Gasteiger partial charge in [-0.1, -0.05) is 39.8 Å². The number of hydrogen-bond donors (Lipinski definition) is 3. The molecule has 3 N–H and O–H groups in total. The van der Waals surface area contributed by atoms with E-state index in [-0.39, 0.29) is 53.5 Å². The van der Waals surface area contributed by atoms with Gasteiger partial charge in [-0.05, 0) is 123 Å². The maximum atomic E-state index is 15.1. The van der Waals surface area contributed by atoms with Crippen molar-refractivity contribution in [3.63, 3.8) is 0 Å². The van der Waals surface area contributed by atoms with Gasteiger partial charge in [0.25, 0.3) is 0 Å². The monoisotopic (exact) mass is 908 g/mol. The van der Waals surface area contributed by atoms with Crippen molar-refractivity contribution in [2.75, 3.05) is 43.1 Å². The van der Waals surface area contributed by atoms with Crippen LogP contribution in [0.25, 0.3) is 22.1 Å². The number of fused-ring (bicyclic) bond motifs is 2. The van der Waals surface area contributed by atoms with Crippen molar-refractivity contribution in [2.24, 2.45) is 11.8 Å². The zero-order valence-corrected chi connectivity index (χ0v) is 38.5. The van der Waals surface area contributed by atoms with E-state index in [4.69, 9.17) is 14.7 Å². The molecule has 5 atom stereocenters. The number of rotatable bonds is 11. The van der Waals surface area contributed by atoms with E-state index >= 15 is 13.2 Å². The molecule has 0 spiro atoms. The van der Waals surface area contributed by atoms with Crippen LogP contribution in [-0.4, -0.2) is 87.0 Å². The van der Waals surface area contributed by atoms with Crippen molar-refractivity contribution in [1.29, 1.82) is 0 Å². The predicted molar refractivity (Wildman–Crippen MR) is 248 cm³/mol. The van der Waals surface area contributed by atoms with Crippen LogP contribution in [0.1, 0.15) is 138 Å². The van der Waals surface area contributed by atoms with Gasteiger partial charge < -0.3 is 39.6 Å². The van der Waals surface area contributed by atoms with E-state index in [0.29, 0.717) is 62.5 Å². The van der Waals surface area contributed by atoms with Gasteiger partial charge in [-0.2, -0.15) is 13.2 Å². The highest BCUT2D eigenvalue weighted by molar-refractivity contribution is 5.87. The fourth-order valence-corrected chi connectivity index (χ4v) is 10.9. The highest BCUT2D eigenvalue weighted by Crippen LogP contribution is 2.50. The van der Waals surface area contributed by atoms with Crippen LogP contribution in [0.3, 0.4) is 0 Å². The van der Waals surface area contributed by atoms with E-state index in [1.165, 1.54) is 13.2 Å². The topological polar surface area (TPSA) is 143 Å². The molecular weight excluding hydrogens is 848 g/mol. The maximum Gasteiger partial charge on any atom is 0.418 e. The summed E-state index contributed by atoms with van der Waals surface area (Å²) in [6, 6.07) is 15.1. The third kappa shape index (κ3) is 8.91. The summed E-state index contributed by atoms with van der Waals surface area (Å²) in [7, 11) is 1.27. The molecule has 1 radical (unpaired) electrons. The number of ether oxygens (including phenoxy) is 1. The number of nitrogens with one attached hydrogen (secondary N) is 3. The number of likely N-dealkylation sites (tertiary alicyclic amines) is 2. The standard InChI is InChI=1S/C50H61F3N9O4/c1-29(2)25-44(63)60-23-9-11-42(60)46-54-35-16-13-31(26-37(35)56-46)39-19-20-40(62(39)33-15-18-41(34(28-33)50(51,52)53)59-21-7-6-8-22-59)32-14-17-36-38(27-32)57-47(55-36)43-12-10-24-61(43)48(64)45(30(3)4)58-49(65)66-5/h13-18,25-30,39-40,42-43,45H,6-12,19-24H2,1-5H3,(H,54,56)(H,55,57)(H,58,65)/t39-,40-,42+,43+,45+/m1/s1. The third-order valence-corrected chi connectivity index (χ3v) is 14.1. The molecule has 0 unspecified atom stereocenters. The van der Waals surface area contributed by atoms with Crippen LogP contribution < -0.4 is 15.1 Å². The molecule has 2 aromatic heterocycles. The van der Waals surface area contributed by atoms with E-state index in [2.05, 4.69) is 20.2 Å². The summed E-state index contributed by atoms with van der Waals surface area (Å²) < 4.78 is 50.3. The number of aromatic amines is 2. The number of carbonyl (C=O) groups excluding carboxylic acids is 3. The second-order valence-electron chi connectivity index (χ2n) is 19.2. The highest BCUT2D eigenvalue weighted by Gasteiger charge is 2.42. The number of amides is 3. The minimum atomic E-state index is -4.56. The number of methoxy groups -OCH3 is 1. The largest absolute Gasteiger partial charge is 0.453 e. The number of nitrogens with zero attached hydrogens (tertiary/aromatic N) is 6. The average Bonchev–Trinajstić information content (AvgIpc) is 4.15. The van der Waals surface area contributed by atoms with Gasteiger partial charge in [0.2, 0.25) is 11.8 Å². The molecular formula is C50H61F3N9O4.